The Morgan fingerprint density at radius 2 is 1.29 bits per heavy atom. The molecule has 0 aromatic carbocycles. The van der Waals surface area contributed by atoms with Crippen LogP contribution < -0.4 is 15.1 Å². The van der Waals surface area contributed by atoms with Crippen LogP contribution in [-0.4, -0.2) is 88.8 Å². The molecule has 4 rings (SSSR count). The molecule has 2 aromatic heterocycles. The summed E-state index contributed by atoms with van der Waals surface area (Å²) in [6.45, 7) is 11.6. The largest absolute Gasteiger partial charge is 0.444 e. The number of hydrogen-bond acceptors (Lipinski definition) is 11. The third-order valence-electron chi connectivity index (χ3n) is 5.62. The first-order chi connectivity index (χ1) is 17.5. The number of rotatable bonds is 4. The summed E-state index contributed by atoms with van der Waals surface area (Å²) in [6.07, 6.45) is 2.74. The van der Waals surface area contributed by atoms with E-state index in [0.717, 1.165) is 37.6 Å². The standard InChI is InChI=1S/C14H20N4O4.C9H12N4O2.ClH/c1-14(2,3)22-13(19)17-8-6-16(7-9-17)11-4-5-12(15-10-11)18(20)21;14-13(15)9-2-1-8(7-11-9)12-5-3-10-4-6-12;/h4-5,10H,6-9H2,1-3H3;1-2,7,10H,3-6H2;1H. The van der Waals surface area contributed by atoms with Crippen LogP contribution >= 0.6 is 12.4 Å². The summed E-state index contributed by atoms with van der Waals surface area (Å²) < 4.78 is 5.34. The lowest BCUT2D eigenvalue weighted by molar-refractivity contribution is -0.389. The van der Waals surface area contributed by atoms with Gasteiger partial charge in [0.15, 0.2) is 12.4 Å². The third kappa shape index (κ3) is 8.95. The molecule has 0 aliphatic carbocycles. The Hall–Kier alpha value is -3.78. The molecule has 4 heterocycles. The van der Waals surface area contributed by atoms with Crippen molar-refractivity contribution in [2.24, 2.45) is 0 Å². The highest BCUT2D eigenvalue weighted by molar-refractivity contribution is 5.85. The van der Waals surface area contributed by atoms with Gasteiger partial charge in [-0.2, -0.15) is 0 Å². The molecule has 1 N–H and O–H groups in total. The van der Waals surface area contributed by atoms with Gasteiger partial charge in [-0.1, -0.05) is 0 Å². The normalized spacial score (nSPS) is 15.5. The highest BCUT2D eigenvalue weighted by atomic mass is 35.5. The molecule has 2 aromatic rings. The predicted molar refractivity (Wildman–Crippen MR) is 144 cm³/mol. The number of nitrogens with zero attached hydrogens (tertiary/aromatic N) is 7. The molecule has 0 unspecified atom stereocenters. The van der Waals surface area contributed by atoms with Crippen molar-refractivity contribution in [3.8, 4) is 0 Å². The minimum atomic E-state index is -0.524. The van der Waals surface area contributed by atoms with Crippen LogP contribution in [0.2, 0.25) is 0 Å². The molecule has 0 radical (unpaired) electrons. The fraction of sp³-hybridized carbons (Fsp3) is 0.522. The molecule has 14 nitrogen and oxygen atoms in total. The van der Waals surface area contributed by atoms with Gasteiger partial charge < -0.3 is 45.0 Å². The Kier molecular flexibility index (Phi) is 11.0. The van der Waals surface area contributed by atoms with Crippen molar-refractivity contribution < 1.29 is 19.4 Å². The van der Waals surface area contributed by atoms with Gasteiger partial charge in [0, 0.05) is 64.5 Å². The highest BCUT2D eigenvalue weighted by Crippen LogP contribution is 2.19. The van der Waals surface area contributed by atoms with E-state index in [1.807, 2.05) is 25.7 Å². The average Bonchev–Trinajstić information content (AvgIpc) is 2.89. The molecule has 2 aliphatic heterocycles. The second kappa shape index (κ2) is 13.7. The lowest BCUT2D eigenvalue weighted by atomic mass is 10.2. The molecule has 2 aliphatic rings. The maximum atomic E-state index is 12.0. The minimum Gasteiger partial charge on any atom is -0.444 e. The molecular weight excluding hydrogens is 520 g/mol. The number of carbonyl (C=O) groups excluding carboxylic acids is 1. The Balaban J connectivity index is 0.000000277. The van der Waals surface area contributed by atoms with Crippen molar-refractivity contribution >= 4 is 41.5 Å². The topological polar surface area (TPSA) is 160 Å². The van der Waals surface area contributed by atoms with E-state index in [9.17, 15) is 25.0 Å². The molecule has 2 fully saturated rings. The number of pyridine rings is 2. The molecule has 0 bridgehead atoms. The third-order valence-corrected chi connectivity index (χ3v) is 5.62. The Morgan fingerprint density at radius 3 is 1.66 bits per heavy atom. The van der Waals surface area contributed by atoms with E-state index in [-0.39, 0.29) is 30.1 Å². The quantitative estimate of drug-likeness (QED) is 0.438. The molecule has 1 amide bonds. The summed E-state index contributed by atoms with van der Waals surface area (Å²) in [5.74, 6) is -0.273. The smallest absolute Gasteiger partial charge is 0.410 e. The highest BCUT2D eigenvalue weighted by Gasteiger charge is 2.26. The molecule has 15 heteroatoms. The SMILES string of the molecule is CC(C)(C)OC(=O)N1CCN(c2ccc([N+](=O)[O-])nc2)CC1.Cl.O=[N+]([O-])c1ccc(N2CCNCC2)cn1. The van der Waals surface area contributed by atoms with Crippen LogP contribution in [-0.2, 0) is 4.74 Å². The van der Waals surface area contributed by atoms with Gasteiger partial charge >= 0.3 is 17.7 Å². The summed E-state index contributed by atoms with van der Waals surface area (Å²) in [6, 6.07) is 6.25. The zero-order chi connectivity index (χ0) is 27.0. The van der Waals surface area contributed by atoms with Crippen LogP contribution in [0.4, 0.5) is 27.8 Å². The van der Waals surface area contributed by atoms with Gasteiger partial charge in [0.05, 0.1) is 11.4 Å². The first-order valence-electron chi connectivity index (χ1n) is 11.9. The van der Waals surface area contributed by atoms with Gasteiger partial charge in [-0.25, -0.2) is 4.79 Å². The van der Waals surface area contributed by atoms with Crippen molar-refractivity contribution in [2.75, 3.05) is 62.2 Å². The fourth-order valence-electron chi connectivity index (χ4n) is 3.74. The molecular formula is C23H33ClN8O6. The van der Waals surface area contributed by atoms with E-state index < -0.39 is 15.4 Å². The summed E-state index contributed by atoms with van der Waals surface area (Å²) in [5, 5.41) is 24.2. The van der Waals surface area contributed by atoms with Crippen LogP contribution in [0.25, 0.3) is 0 Å². The van der Waals surface area contributed by atoms with E-state index in [2.05, 4.69) is 20.2 Å². The van der Waals surface area contributed by atoms with Gasteiger partial charge in [0.2, 0.25) is 0 Å². The van der Waals surface area contributed by atoms with Crippen LogP contribution in [0.15, 0.2) is 36.7 Å². The van der Waals surface area contributed by atoms with E-state index in [1.54, 1.807) is 23.2 Å². The number of nitrogens with one attached hydrogen (secondary N) is 1. The van der Waals surface area contributed by atoms with E-state index in [1.165, 1.54) is 18.3 Å². The summed E-state index contributed by atoms with van der Waals surface area (Å²) in [4.78, 5) is 45.4. The number of halogens is 1. The van der Waals surface area contributed by atoms with E-state index in [0.29, 0.717) is 26.2 Å². The van der Waals surface area contributed by atoms with Crippen molar-refractivity contribution in [3.63, 3.8) is 0 Å². The van der Waals surface area contributed by atoms with Crippen LogP contribution in [0.5, 0.6) is 0 Å². The first-order valence-corrected chi connectivity index (χ1v) is 11.9. The monoisotopic (exact) mass is 552 g/mol. The molecule has 38 heavy (non-hydrogen) atoms. The Bertz CT molecular complexity index is 1070. The molecule has 0 spiro atoms. The van der Waals surface area contributed by atoms with Crippen molar-refractivity contribution in [3.05, 3.63) is 56.9 Å². The summed E-state index contributed by atoms with van der Waals surface area (Å²) in [7, 11) is 0. The van der Waals surface area contributed by atoms with Crippen molar-refractivity contribution in [2.45, 2.75) is 26.4 Å². The minimum absolute atomic E-state index is 0. The molecule has 0 saturated carbocycles. The number of aromatic nitrogens is 2. The summed E-state index contributed by atoms with van der Waals surface area (Å²) >= 11 is 0. The maximum Gasteiger partial charge on any atom is 0.410 e. The number of nitro groups is 2. The molecule has 0 atom stereocenters. The second-order valence-corrected chi connectivity index (χ2v) is 9.45. The maximum absolute atomic E-state index is 12.0. The first kappa shape index (κ1) is 30.4. The summed E-state index contributed by atoms with van der Waals surface area (Å²) in [5.41, 5.74) is 1.26. The van der Waals surface area contributed by atoms with E-state index in [4.69, 9.17) is 4.74 Å². The molecule has 208 valence electrons. The van der Waals surface area contributed by atoms with Gasteiger partial charge in [-0.05, 0) is 52.7 Å². The van der Waals surface area contributed by atoms with Gasteiger partial charge in [-0.15, -0.1) is 12.4 Å². The van der Waals surface area contributed by atoms with Gasteiger partial charge in [-0.3, -0.25) is 0 Å². The van der Waals surface area contributed by atoms with Crippen molar-refractivity contribution in [1.82, 2.24) is 20.2 Å². The van der Waals surface area contributed by atoms with Crippen LogP contribution in [0.3, 0.4) is 0 Å². The zero-order valence-electron chi connectivity index (χ0n) is 21.6. The Labute approximate surface area is 226 Å². The number of hydrogen-bond donors (Lipinski definition) is 1. The number of piperazine rings is 2. The van der Waals surface area contributed by atoms with Gasteiger partial charge in [0.1, 0.15) is 5.60 Å². The number of ether oxygens (including phenoxy) is 1. The Morgan fingerprint density at radius 1 is 0.842 bits per heavy atom. The zero-order valence-corrected chi connectivity index (χ0v) is 22.4. The van der Waals surface area contributed by atoms with Crippen molar-refractivity contribution in [1.29, 1.82) is 0 Å². The average molecular weight is 553 g/mol. The van der Waals surface area contributed by atoms with Crippen LogP contribution in [0, 0.1) is 20.2 Å². The number of carbonyl (C=O) groups is 1. The number of amides is 1. The second-order valence-electron chi connectivity index (χ2n) is 9.45. The predicted octanol–water partition coefficient (Wildman–Crippen LogP) is 2.87. The fourth-order valence-corrected chi connectivity index (χ4v) is 3.74. The molecule has 2 saturated heterocycles. The lowest BCUT2D eigenvalue weighted by Crippen LogP contribution is -2.50. The van der Waals surface area contributed by atoms with Gasteiger partial charge in [0.25, 0.3) is 0 Å². The van der Waals surface area contributed by atoms with E-state index >= 15 is 0 Å². The lowest BCUT2D eigenvalue weighted by Gasteiger charge is -2.36. The van der Waals surface area contributed by atoms with Crippen LogP contribution in [0.1, 0.15) is 20.8 Å². The number of anilines is 2.